The number of hydrogen-bond donors (Lipinski definition) is 1. The van der Waals surface area contributed by atoms with E-state index in [0.717, 1.165) is 31.6 Å². The van der Waals surface area contributed by atoms with Crippen LogP contribution in [0.2, 0.25) is 0 Å². The van der Waals surface area contributed by atoms with E-state index in [-0.39, 0.29) is 11.8 Å². The first kappa shape index (κ1) is 14.3. The van der Waals surface area contributed by atoms with E-state index < -0.39 is 0 Å². The summed E-state index contributed by atoms with van der Waals surface area (Å²) in [7, 11) is 0. The van der Waals surface area contributed by atoms with Gasteiger partial charge in [-0.2, -0.15) is 0 Å². The molecule has 1 aliphatic heterocycles. The van der Waals surface area contributed by atoms with Gasteiger partial charge in [0.2, 0.25) is 0 Å². The smallest absolute Gasteiger partial charge is 0.260 e. The van der Waals surface area contributed by atoms with Gasteiger partial charge < -0.3 is 4.90 Å². The molecular formula is C18H18N2O2. The van der Waals surface area contributed by atoms with Gasteiger partial charge in [-0.15, -0.1) is 0 Å². The molecule has 1 fully saturated rings. The average Bonchev–Trinajstić information content (AvgIpc) is 3.10. The number of rotatable bonds is 3. The number of hydrogen-bond acceptors (Lipinski definition) is 3. The number of amides is 2. The standard InChI is InChI=1S/C18H18N2O2/c21-17(14-8-2-1-3-9-14)19-18(22)15-10-4-5-11-16(15)20-12-6-7-13-20/h1-5,8-11H,6-7,12-13H2,(H,19,21,22). The summed E-state index contributed by atoms with van der Waals surface area (Å²) in [6.07, 6.45) is 2.28. The van der Waals surface area contributed by atoms with E-state index in [1.807, 2.05) is 24.3 Å². The third kappa shape index (κ3) is 3.01. The van der Waals surface area contributed by atoms with E-state index in [9.17, 15) is 9.59 Å². The maximum atomic E-state index is 12.4. The lowest BCUT2D eigenvalue weighted by atomic mass is 10.1. The molecule has 0 aromatic heterocycles. The summed E-state index contributed by atoms with van der Waals surface area (Å²) in [5.41, 5.74) is 1.93. The van der Waals surface area contributed by atoms with Gasteiger partial charge in [0.05, 0.1) is 5.56 Å². The largest absolute Gasteiger partial charge is 0.371 e. The van der Waals surface area contributed by atoms with Crippen molar-refractivity contribution in [1.82, 2.24) is 5.32 Å². The summed E-state index contributed by atoms with van der Waals surface area (Å²) in [6, 6.07) is 16.2. The maximum absolute atomic E-state index is 12.4. The Bertz CT molecular complexity index is 676. The second kappa shape index (κ2) is 6.43. The molecule has 4 heteroatoms. The van der Waals surface area contributed by atoms with Crippen LogP contribution in [0.4, 0.5) is 5.69 Å². The van der Waals surface area contributed by atoms with Gasteiger partial charge in [0, 0.05) is 24.3 Å². The minimum absolute atomic E-state index is 0.351. The van der Waals surface area contributed by atoms with Crippen molar-refractivity contribution in [2.45, 2.75) is 12.8 Å². The molecule has 0 atom stereocenters. The van der Waals surface area contributed by atoms with Crippen LogP contribution in [-0.4, -0.2) is 24.9 Å². The van der Waals surface area contributed by atoms with Gasteiger partial charge in [0.1, 0.15) is 0 Å². The molecule has 1 aliphatic rings. The molecule has 1 N–H and O–H groups in total. The molecular weight excluding hydrogens is 276 g/mol. The van der Waals surface area contributed by atoms with Gasteiger partial charge in [-0.3, -0.25) is 14.9 Å². The summed E-state index contributed by atoms with van der Waals surface area (Å²) in [4.78, 5) is 26.8. The van der Waals surface area contributed by atoms with Crippen LogP contribution in [0.1, 0.15) is 33.6 Å². The zero-order chi connectivity index (χ0) is 15.4. The molecule has 2 aromatic carbocycles. The summed E-state index contributed by atoms with van der Waals surface area (Å²) in [5.74, 6) is -0.724. The van der Waals surface area contributed by atoms with Crippen molar-refractivity contribution in [2.24, 2.45) is 0 Å². The molecule has 0 unspecified atom stereocenters. The van der Waals surface area contributed by atoms with Crippen molar-refractivity contribution in [2.75, 3.05) is 18.0 Å². The molecule has 0 saturated carbocycles. The van der Waals surface area contributed by atoms with E-state index in [0.29, 0.717) is 11.1 Å². The summed E-state index contributed by atoms with van der Waals surface area (Å²) in [5, 5.41) is 2.47. The lowest BCUT2D eigenvalue weighted by molar-refractivity contribution is 0.0849. The highest BCUT2D eigenvalue weighted by Gasteiger charge is 2.20. The first-order valence-corrected chi connectivity index (χ1v) is 7.50. The van der Waals surface area contributed by atoms with Gasteiger partial charge in [-0.25, -0.2) is 0 Å². The first-order chi connectivity index (χ1) is 10.8. The van der Waals surface area contributed by atoms with Crippen LogP contribution < -0.4 is 10.2 Å². The molecule has 0 aliphatic carbocycles. The predicted molar refractivity (Wildman–Crippen MR) is 86.1 cm³/mol. The monoisotopic (exact) mass is 294 g/mol. The van der Waals surface area contributed by atoms with Crippen LogP contribution in [-0.2, 0) is 0 Å². The molecule has 0 spiro atoms. The topological polar surface area (TPSA) is 49.4 Å². The number of nitrogens with zero attached hydrogens (tertiary/aromatic N) is 1. The fourth-order valence-electron chi connectivity index (χ4n) is 2.73. The van der Waals surface area contributed by atoms with Crippen LogP contribution in [0.5, 0.6) is 0 Å². The van der Waals surface area contributed by atoms with Crippen LogP contribution in [0.15, 0.2) is 54.6 Å². The van der Waals surface area contributed by atoms with Crippen LogP contribution in [0.25, 0.3) is 0 Å². The highest BCUT2D eigenvalue weighted by molar-refractivity contribution is 6.12. The third-order valence-electron chi connectivity index (χ3n) is 3.86. The van der Waals surface area contributed by atoms with E-state index in [1.165, 1.54) is 0 Å². The molecule has 22 heavy (non-hydrogen) atoms. The van der Waals surface area contributed by atoms with Crippen molar-refractivity contribution < 1.29 is 9.59 Å². The molecule has 0 radical (unpaired) electrons. The zero-order valence-corrected chi connectivity index (χ0v) is 12.3. The Hall–Kier alpha value is -2.62. The minimum Gasteiger partial charge on any atom is -0.371 e. The Morgan fingerprint density at radius 2 is 1.45 bits per heavy atom. The number of imide groups is 1. The Balaban J connectivity index is 1.79. The van der Waals surface area contributed by atoms with Crippen molar-refractivity contribution >= 4 is 17.5 Å². The van der Waals surface area contributed by atoms with Gasteiger partial charge in [0.25, 0.3) is 11.8 Å². The highest BCUT2D eigenvalue weighted by Crippen LogP contribution is 2.24. The number of anilines is 1. The van der Waals surface area contributed by atoms with Gasteiger partial charge in [-0.05, 0) is 37.1 Å². The number of carbonyl (C=O) groups is 2. The van der Waals surface area contributed by atoms with Crippen molar-refractivity contribution in [1.29, 1.82) is 0 Å². The molecule has 0 bridgehead atoms. The number of nitrogens with one attached hydrogen (secondary N) is 1. The maximum Gasteiger partial charge on any atom is 0.260 e. The molecule has 2 aromatic rings. The molecule has 3 rings (SSSR count). The normalized spacial score (nSPS) is 13.9. The Kier molecular flexibility index (Phi) is 4.19. The molecule has 1 saturated heterocycles. The lowest BCUT2D eigenvalue weighted by Crippen LogP contribution is -2.32. The average molecular weight is 294 g/mol. The van der Waals surface area contributed by atoms with E-state index in [1.54, 1.807) is 30.3 Å². The molecule has 112 valence electrons. The number of para-hydroxylation sites is 1. The highest BCUT2D eigenvalue weighted by atomic mass is 16.2. The summed E-state index contributed by atoms with van der Waals surface area (Å²) >= 11 is 0. The van der Waals surface area contributed by atoms with E-state index in [2.05, 4.69) is 10.2 Å². The fourth-order valence-corrected chi connectivity index (χ4v) is 2.73. The Morgan fingerprint density at radius 1 is 0.818 bits per heavy atom. The summed E-state index contributed by atoms with van der Waals surface area (Å²) in [6.45, 7) is 1.91. The Morgan fingerprint density at radius 3 is 2.18 bits per heavy atom. The first-order valence-electron chi connectivity index (χ1n) is 7.50. The van der Waals surface area contributed by atoms with Gasteiger partial charge in [-0.1, -0.05) is 30.3 Å². The second-order valence-corrected chi connectivity index (χ2v) is 5.36. The number of benzene rings is 2. The summed E-state index contributed by atoms with van der Waals surface area (Å²) < 4.78 is 0. The molecule has 4 nitrogen and oxygen atoms in total. The van der Waals surface area contributed by atoms with Crippen molar-refractivity contribution in [3.8, 4) is 0 Å². The quantitative estimate of drug-likeness (QED) is 0.886. The molecule has 1 heterocycles. The SMILES string of the molecule is O=C(NC(=O)c1ccccc1N1CCCC1)c1ccccc1. The van der Waals surface area contributed by atoms with Crippen molar-refractivity contribution in [3.05, 3.63) is 65.7 Å². The second-order valence-electron chi connectivity index (χ2n) is 5.36. The third-order valence-corrected chi connectivity index (χ3v) is 3.86. The predicted octanol–water partition coefficient (Wildman–Crippen LogP) is 2.86. The van der Waals surface area contributed by atoms with E-state index >= 15 is 0 Å². The van der Waals surface area contributed by atoms with Gasteiger partial charge in [0.15, 0.2) is 0 Å². The van der Waals surface area contributed by atoms with Crippen LogP contribution in [0.3, 0.4) is 0 Å². The fraction of sp³-hybridized carbons (Fsp3) is 0.222. The van der Waals surface area contributed by atoms with Gasteiger partial charge >= 0.3 is 0 Å². The molecule has 2 amide bonds. The van der Waals surface area contributed by atoms with Crippen LogP contribution >= 0.6 is 0 Å². The lowest BCUT2D eigenvalue weighted by Gasteiger charge is -2.20. The Labute approximate surface area is 129 Å². The minimum atomic E-state index is -0.373. The van der Waals surface area contributed by atoms with Crippen molar-refractivity contribution in [3.63, 3.8) is 0 Å². The zero-order valence-electron chi connectivity index (χ0n) is 12.3. The number of carbonyl (C=O) groups excluding carboxylic acids is 2. The van der Waals surface area contributed by atoms with Crippen LogP contribution in [0, 0.1) is 0 Å². The van der Waals surface area contributed by atoms with E-state index in [4.69, 9.17) is 0 Å².